The van der Waals surface area contributed by atoms with E-state index in [4.69, 9.17) is 56.8 Å². The molecule has 0 aliphatic carbocycles. The van der Waals surface area contributed by atoms with Crippen molar-refractivity contribution in [3.8, 4) is 0 Å². The lowest BCUT2D eigenvalue weighted by Crippen LogP contribution is -2.49. The van der Waals surface area contributed by atoms with Crippen molar-refractivity contribution in [2.24, 2.45) is 27.6 Å². The molecule has 5 aliphatic rings. The predicted molar refractivity (Wildman–Crippen MR) is 315 cm³/mol. The highest BCUT2D eigenvalue weighted by molar-refractivity contribution is 5.87. The molecular weight excluding hydrogens is 1120 g/mol. The van der Waals surface area contributed by atoms with Gasteiger partial charge in [0.25, 0.3) is 0 Å². The molecule has 5 aliphatic heterocycles. The van der Waals surface area contributed by atoms with Gasteiger partial charge in [-0.25, -0.2) is 9.59 Å². The maximum atomic E-state index is 12.1. The second-order valence-electron chi connectivity index (χ2n) is 28.5. The molecule has 0 spiro atoms. The number of rotatable bonds is 19. The zero-order valence-corrected chi connectivity index (χ0v) is 57.2. The van der Waals surface area contributed by atoms with Gasteiger partial charge in [-0.3, -0.25) is 38.4 Å². The van der Waals surface area contributed by atoms with E-state index < -0.39 is 90.6 Å². The highest BCUT2D eigenvalue weighted by Crippen LogP contribution is 2.43. The molecule has 5 fully saturated rings. The smallest absolute Gasteiger partial charge is 0.351 e. The molecule has 5 rings (SSSR count). The normalized spacial score (nSPS) is 28.2. The van der Waals surface area contributed by atoms with Gasteiger partial charge in [-0.1, -0.05) is 41.5 Å². The minimum Gasteiger partial charge on any atom is -0.457 e. The van der Waals surface area contributed by atoms with E-state index in [2.05, 4.69) is 0 Å². The first-order chi connectivity index (χ1) is 38.8. The Morgan fingerprint density at radius 1 is 0.512 bits per heavy atom. The third-order valence-electron chi connectivity index (χ3n) is 17.6. The Kier molecular flexibility index (Phi) is 26.8. The van der Waals surface area contributed by atoms with E-state index in [1.165, 1.54) is 0 Å². The van der Waals surface area contributed by atoms with E-state index >= 15 is 0 Å². The molecule has 0 N–H and O–H groups in total. The second kappa shape index (κ2) is 29.3. The quantitative estimate of drug-likeness (QED) is 0.0858. The maximum Gasteiger partial charge on any atom is 0.351 e. The second-order valence-corrected chi connectivity index (χ2v) is 28.5. The fourth-order valence-electron chi connectivity index (χ4n) is 8.39. The van der Waals surface area contributed by atoms with Crippen LogP contribution in [-0.4, -0.2) is 144 Å². The number of hydrogen-bond acceptors (Lipinski definition) is 22. The van der Waals surface area contributed by atoms with Crippen molar-refractivity contribution in [2.45, 2.75) is 294 Å². The highest BCUT2D eigenvalue weighted by Gasteiger charge is 2.58. The summed E-state index contributed by atoms with van der Waals surface area (Å²) in [7, 11) is 3.08. The number of hydrogen-bond donors (Lipinski definition) is 0. The predicted octanol–water partition coefficient (Wildman–Crippen LogP) is 10.3. The van der Waals surface area contributed by atoms with Crippen molar-refractivity contribution in [1.82, 2.24) is 0 Å². The number of carbonyl (C=O) groups is 10. The molecule has 8 atom stereocenters. The molecule has 0 aromatic heterocycles. The topological polar surface area (TPSA) is 281 Å². The minimum atomic E-state index is -1.23. The number of ether oxygens (including phenoxy) is 12. The summed E-state index contributed by atoms with van der Waals surface area (Å²) in [6, 6.07) is 0. The number of methoxy groups -OCH3 is 2. The van der Waals surface area contributed by atoms with E-state index in [1.807, 2.05) is 69.2 Å². The van der Waals surface area contributed by atoms with Crippen LogP contribution in [0.15, 0.2) is 0 Å². The number of cyclic esters (lactones) is 5. The number of esters is 10. The van der Waals surface area contributed by atoms with Crippen LogP contribution < -0.4 is 0 Å². The fourth-order valence-corrected chi connectivity index (χ4v) is 8.39. The van der Waals surface area contributed by atoms with Gasteiger partial charge < -0.3 is 56.8 Å². The zero-order chi connectivity index (χ0) is 67.5. The van der Waals surface area contributed by atoms with Crippen molar-refractivity contribution in [3.05, 3.63) is 0 Å². The van der Waals surface area contributed by atoms with Crippen LogP contribution in [0.3, 0.4) is 0 Å². The Balaban J connectivity index is 0.000000538. The molecule has 0 saturated carbocycles. The summed E-state index contributed by atoms with van der Waals surface area (Å²) in [6.45, 7) is 45.8. The third kappa shape index (κ3) is 20.6. The lowest BCUT2D eigenvalue weighted by molar-refractivity contribution is -0.184. The SMILES string of the molecule is CCC(C)(C)C(=O)OC1(C)CC(=O)OC1(C)C.CCC(C)(C)C(=O)OC1(C)CC(C)(COC)OC1=O.CCC(C)(C)C(=O)OC1CC(=O)OC1(C)C.CCC(C)(C)C(=O)OC1CC(C)(COC)OC1=O.CCC(C)C(=O)OC1(C)CC(=O)OC1(C)C. The lowest BCUT2D eigenvalue weighted by Gasteiger charge is -2.36. The standard InChI is InChI=1S/C14H24O5.C13H22O5.C13H22O4.2C12H20O4/c1-7-12(2,3)10(15)19-14(5)8-13(4,9-17-6)18-11(14)16;1-6-12(2,3)11(15)17-9-7-13(4,8-16-5)18-10(9)14;1-7-11(2,3)10(15)17-13(6)8-9(14)16-12(13,4)5;1-6-11(2,3)10(14)15-8-7-9(13)16-12(8,4)5;1-6-8(2)10(14)16-12(5)7-9(13)15-11(12,3)4/h7-9H2,1-6H3;9H,6-8H2,1-5H3;7-8H2,1-6H3;2*8H,6-7H2,1-5H3. The molecule has 5 saturated heterocycles. The van der Waals surface area contributed by atoms with Crippen molar-refractivity contribution in [2.75, 3.05) is 27.4 Å². The maximum absolute atomic E-state index is 12.1. The highest BCUT2D eigenvalue weighted by atomic mass is 16.7. The van der Waals surface area contributed by atoms with E-state index in [0.717, 1.165) is 6.42 Å². The Labute approximate surface area is 512 Å². The van der Waals surface area contributed by atoms with E-state index in [9.17, 15) is 47.9 Å². The van der Waals surface area contributed by atoms with Crippen molar-refractivity contribution in [3.63, 3.8) is 0 Å². The van der Waals surface area contributed by atoms with Gasteiger partial charge in [-0.2, -0.15) is 0 Å². The zero-order valence-electron chi connectivity index (χ0n) is 57.2. The van der Waals surface area contributed by atoms with Gasteiger partial charge in [-0.15, -0.1) is 0 Å². The summed E-state index contributed by atoms with van der Waals surface area (Å²) in [4.78, 5) is 117. The molecule has 8 unspecified atom stereocenters. The molecular formula is C64H108O22. The van der Waals surface area contributed by atoms with Crippen molar-refractivity contribution >= 4 is 59.7 Å². The summed E-state index contributed by atoms with van der Waals surface area (Å²) in [5.74, 6) is -3.66. The van der Waals surface area contributed by atoms with Gasteiger partial charge in [0, 0.05) is 27.1 Å². The van der Waals surface area contributed by atoms with Crippen LogP contribution in [0, 0.1) is 27.6 Å². The average Bonchev–Trinajstić information content (AvgIpc) is 2.54. The van der Waals surface area contributed by atoms with Gasteiger partial charge in [0.05, 0.1) is 60.1 Å². The molecule has 22 heteroatoms. The molecule has 496 valence electrons. The molecule has 0 bridgehead atoms. The Morgan fingerprint density at radius 3 is 1.28 bits per heavy atom. The van der Waals surface area contributed by atoms with Crippen LogP contribution in [0.1, 0.15) is 237 Å². The molecule has 5 heterocycles. The summed E-state index contributed by atoms with van der Waals surface area (Å²) in [5.41, 5.74) is -8.89. The van der Waals surface area contributed by atoms with Gasteiger partial charge >= 0.3 is 59.7 Å². The van der Waals surface area contributed by atoms with E-state index in [1.54, 1.807) is 118 Å². The fraction of sp³-hybridized carbons (Fsp3) is 0.844. The first-order valence-corrected chi connectivity index (χ1v) is 30.0. The molecule has 0 amide bonds. The first-order valence-electron chi connectivity index (χ1n) is 30.0. The minimum absolute atomic E-state index is 0.117. The van der Waals surface area contributed by atoms with Gasteiger partial charge in [-0.05, 0) is 164 Å². The monoisotopic (exact) mass is 1230 g/mol. The van der Waals surface area contributed by atoms with Crippen LogP contribution in [0.25, 0.3) is 0 Å². The van der Waals surface area contributed by atoms with Crippen molar-refractivity contribution in [1.29, 1.82) is 0 Å². The van der Waals surface area contributed by atoms with Gasteiger partial charge in [0.15, 0.2) is 17.3 Å². The lowest BCUT2D eigenvalue weighted by atomic mass is 9.85. The first kappa shape index (κ1) is 78.6. The summed E-state index contributed by atoms with van der Waals surface area (Å²) in [5, 5.41) is 0. The number of carbonyl (C=O) groups excluding carboxylic acids is 10. The van der Waals surface area contributed by atoms with E-state index in [-0.39, 0.29) is 79.5 Å². The largest absolute Gasteiger partial charge is 0.457 e. The molecule has 0 radical (unpaired) electrons. The van der Waals surface area contributed by atoms with Crippen LogP contribution in [0.4, 0.5) is 0 Å². The van der Waals surface area contributed by atoms with Gasteiger partial charge in [0.2, 0.25) is 11.7 Å². The Bertz CT molecular complexity index is 2430. The van der Waals surface area contributed by atoms with Gasteiger partial charge in [0.1, 0.15) is 28.0 Å². The van der Waals surface area contributed by atoms with Crippen LogP contribution >= 0.6 is 0 Å². The Hall–Kier alpha value is -5.38. The van der Waals surface area contributed by atoms with Crippen LogP contribution in [0.2, 0.25) is 0 Å². The molecule has 0 aromatic rings. The molecule has 22 nitrogen and oxygen atoms in total. The van der Waals surface area contributed by atoms with E-state index in [0.29, 0.717) is 45.1 Å². The molecule has 86 heavy (non-hydrogen) atoms. The average molecular weight is 1230 g/mol. The summed E-state index contributed by atoms with van der Waals surface area (Å²) in [6.07, 6.45) is 3.17. The Morgan fingerprint density at radius 2 is 0.907 bits per heavy atom. The molecule has 0 aromatic carbocycles. The van der Waals surface area contributed by atoms with Crippen LogP contribution in [-0.2, 0) is 105 Å². The third-order valence-corrected chi connectivity index (χ3v) is 17.6. The van der Waals surface area contributed by atoms with Crippen molar-refractivity contribution < 1.29 is 105 Å². The summed E-state index contributed by atoms with van der Waals surface area (Å²) >= 11 is 0. The summed E-state index contributed by atoms with van der Waals surface area (Å²) < 4.78 is 63.1. The van der Waals surface area contributed by atoms with Crippen LogP contribution in [0.5, 0.6) is 0 Å².